The summed E-state index contributed by atoms with van der Waals surface area (Å²) in [5.41, 5.74) is 7.11. The largest absolute Gasteiger partial charge is 0.496 e. The van der Waals surface area contributed by atoms with Gasteiger partial charge >= 0.3 is 5.97 Å². The van der Waals surface area contributed by atoms with Crippen molar-refractivity contribution in [2.75, 3.05) is 20.8 Å². The molecule has 32 heavy (non-hydrogen) atoms. The highest BCUT2D eigenvalue weighted by atomic mass is 16.5. The van der Waals surface area contributed by atoms with Crippen molar-refractivity contribution < 1.29 is 19.0 Å². The average Bonchev–Trinajstić information content (AvgIpc) is 2.73. The van der Waals surface area contributed by atoms with E-state index in [0.29, 0.717) is 18.6 Å². The Morgan fingerprint density at radius 2 is 1.31 bits per heavy atom. The predicted octanol–water partition coefficient (Wildman–Crippen LogP) is 5.86. The molecular weight excluding hydrogens is 402 g/mol. The predicted molar refractivity (Wildman–Crippen MR) is 130 cm³/mol. The van der Waals surface area contributed by atoms with Gasteiger partial charge in [-0.3, -0.25) is 0 Å². The van der Waals surface area contributed by atoms with Gasteiger partial charge in [-0.1, -0.05) is 13.3 Å². The Balaban J connectivity index is 2.60. The lowest BCUT2D eigenvalue weighted by Gasteiger charge is -2.23. The van der Waals surface area contributed by atoms with Crippen molar-refractivity contribution in [3.8, 4) is 11.5 Å². The highest BCUT2D eigenvalue weighted by Crippen LogP contribution is 2.33. The highest BCUT2D eigenvalue weighted by molar-refractivity contribution is 5.88. The lowest BCUT2D eigenvalue weighted by atomic mass is 9.92. The lowest BCUT2D eigenvalue weighted by Crippen LogP contribution is -2.20. The molecule has 0 radical (unpaired) electrons. The normalized spacial score (nSPS) is 11.5. The van der Waals surface area contributed by atoms with Crippen LogP contribution >= 0.6 is 0 Å². The number of nitrogens with one attached hydrogen (secondary N) is 1. The summed E-state index contributed by atoms with van der Waals surface area (Å²) in [6.45, 7) is 12.4. The van der Waals surface area contributed by atoms with Crippen molar-refractivity contribution in [3.05, 3.63) is 69.4 Å². The monoisotopic (exact) mass is 439 g/mol. The summed E-state index contributed by atoms with van der Waals surface area (Å²) in [6, 6.07) is 8.39. The van der Waals surface area contributed by atoms with Crippen LogP contribution in [0.15, 0.2) is 36.0 Å². The maximum absolute atomic E-state index is 12.4. The summed E-state index contributed by atoms with van der Waals surface area (Å²) >= 11 is 0. The van der Waals surface area contributed by atoms with Gasteiger partial charge in [-0.25, -0.2) is 4.79 Å². The third-order valence-corrected chi connectivity index (χ3v) is 5.52. The molecule has 2 aromatic rings. The molecule has 0 spiro atoms. The molecule has 0 atom stereocenters. The number of hydrogen-bond acceptors (Lipinski definition) is 5. The molecule has 0 aromatic heterocycles. The van der Waals surface area contributed by atoms with E-state index in [1.54, 1.807) is 14.2 Å². The van der Waals surface area contributed by atoms with Gasteiger partial charge < -0.3 is 19.5 Å². The first-order chi connectivity index (χ1) is 15.3. The number of benzene rings is 2. The van der Waals surface area contributed by atoms with Crippen molar-refractivity contribution in [2.24, 2.45) is 0 Å². The number of aryl methyl sites for hydroxylation is 4. The number of esters is 1. The van der Waals surface area contributed by atoms with Crippen molar-refractivity contribution in [1.82, 2.24) is 5.32 Å². The molecule has 5 nitrogen and oxygen atoms in total. The molecule has 0 saturated heterocycles. The summed E-state index contributed by atoms with van der Waals surface area (Å²) in [6.07, 6.45) is 3.33. The van der Waals surface area contributed by atoms with Crippen LogP contribution < -0.4 is 14.8 Å². The van der Waals surface area contributed by atoms with E-state index in [4.69, 9.17) is 14.2 Å². The lowest BCUT2D eigenvalue weighted by molar-refractivity contribution is -0.138. The molecule has 0 unspecified atom stereocenters. The number of hydrogen-bond donors (Lipinski definition) is 1. The maximum atomic E-state index is 12.4. The van der Waals surface area contributed by atoms with E-state index in [0.717, 1.165) is 51.3 Å². The first-order valence-electron chi connectivity index (χ1n) is 11.2. The van der Waals surface area contributed by atoms with Crippen molar-refractivity contribution in [3.63, 3.8) is 0 Å². The Kier molecular flexibility index (Phi) is 9.18. The fourth-order valence-corrected chi connectivity index (χ4v) is 4.24. The summed E-state index contributed by atoms with van der Waals surface area (Å²) in [5, 5.41) is 3.52. The number of carbonyl (C=O) groups is 1. The van der Waals surface area contributed by atoms with E-state index in [1.165, 1.54) is 0 Å². The molecule has 174 valence electrons. The number of methoxy groups -OCH3 is 2. The van der Waals surface area contributed by atoms with Gasteiger partial charge in [0.25, 0.3) is 0 Å². The van der Waals surface area contributed by atoms with Gasteiger partial charge in [0.15, 0.2) is 0 Å². The first-order valence-corrected chi connectivity index (χ1v) is 11.2. The Hall–Kier alpha value is -2.95. The molecule has 5 heteroatoms. The van der Waals surface area contributed by atoms with Crippen LogP contribution in [0.5, 0.6) is 11.5 Å². The molecule has 0 bridgehead atoms. The minimum absolute atomic E-state index is 0.150. The molecule has 0 fully saturated rings. The summed E-state index contributed by atoms with van der Waals surface area (Å²) < 4.78 is 16.4. The minimum atomic E-state index is -0.273. The van der Waals surface area contributed by atoms with E-state index in [-0.39, 0.29) is 12.0 Å². The molecular formula is C27H37NO4. The van der Waals surface area contributed by atoms with Crippen LogP contribution in [0.1, 0.15) is 66.1 Å². The van der Waals surface area contributed by atoms with Gasteiger partial charge in [0.1, 0.15) is 11.5 Å². The van der Waals surface area contributed by atoms with E-state index in [9.17, 15) is 4.79 Å². The number of rotatable bonds is 10. The van der Waals surface area contributed by atoms with Crippen LogP contribution in [0.2, 0.25) is 0 Å². The van der Waals surface area contributed by atoms with Gasteiger partial charge in [-0.15, -0.1) is 0 Å². The Labute approximate surface area is 192 Å². The van der Waals surface area contributed by atoms with Crippen LogP contribution in [-0.2, 0) is 9.53 Å². The summed E-state index contributed by atoms with van der Waals surface area (Å²) in [4.78, 5) is 12.4. The number of carbonyl (C=O) groups excluding carboxylic acids is 1. The molecule has 0 amide bonds. The molecule has 0 aliphatic heterocycles. The van der Waals surface area contributed by atoms with Gasteiger partial charge in [0.2, 0.25) is 0 Å². The quantitative estimate of drug-likeness (QED) is 0.371. The van der Waals surface area contributed by atoms with E-state index in [2.05, 4.69) is 36.5 Å². The van der Waals surface area contributed by atoms with Gasteiger partial charge in [0.05, 0.1) is 32.4 Å². The van der Waals surface area contributed by atoms with Crippen LogP contribution in [0.3, 0.4) is 0 Å². The van der Waals surface area contributed by atoms with Crippen molar-refractivity contribution in [1.29, 1.82) is 0 Å². The maximum Gasteiger partial charge on any atom is 0.335 e. The van der Waals surface area contributed by atoms with Crippen LogP contribution in [0.4, 0.5) is 0 Å². The Morgan fingerprint density at radius 3 is 1.66 bits per heavy atom. The molecule has 0 saturated carbocycles. The van der Waals surface area contributed by atoms with Crippen LogP contribution in [0.25, 0.3) is 0 Å². The van der Waals surface area contributed by atoms with E-state index in [1.807, 2.05) is 40.8 Å². The molecule has 1 N–H and O–H groups in total. The van der Waals surface area contributed by atoms with Gasteiger partial charge in [-0.05, 0) is 98.7 Å². The first kappa shape index (κ1) is 25.3. The molecule has 2 aromatic carbocycles. The smallest absolute Gasteiger partial charge is 0.335 e. The summed E-state index contributed by atoms with van der Waals surface area (Å²) in [7, 11) is 3.39. The fourth-order valence-electron chi connectivity index (χ4n) is 4.24. The van der Waals surface area contributed by atoms with E-state index < -0.39 is 0 Å². The topological polar surface area (TPSA) is 56.8 Å². The van der Waals surface area contributed by atoms with E-state index >= 15 is 0 Å². The molecule has 0 aliphatic carbocycles. The highest BCUT2D eigenvalue weighted by Gasteiger charge is 2.19. The average molecular weight is 440 g/mol. The molecule has 2 rings (SSSR count). The van der Waals surface area contributed by atoms with Crippen molar-refractivity contribution >= 4 is 5.97 Å². The second-order valence-electron chi connectivity index (χ2n) is 8.12. The third kappa shape index (κ3) is 5.84. The second kappa shape index (κ2) is 11.6. The zero-order valence-corrected chi connectivity index (χ0v) is 20.7. The van der Waals surface area contributed by atoms with Crippen LogP contribution in [0, 0.1) is 27.7 Å². The molecule has 0 aliphatic rings. The van der Waals surface area contributed by atoms with Gasteiger partial charge in [-0.2, -0.15) is 0 Å². The standard InChI is InChI=1S/C27H37NO4/c1-9-11-21(27(29)32-10-2)16-28-24(22-12-17(3)25(30-7)18(4)13-22)23-14-19(5)26(31-8)20(6)15-23/h12-16,24,28H,9-11H2,1-8H3/b21-16+. The zero-order valence-electron chi connectivity index (χ0n) is 20.7. The van der Waals surface area contributed by atoms with Crippen LogP contribution in [-0.4, -0.2) is 26.8 Å². The van der Waals surface area contributed by atoms with Crippen molar-refractivity contribution in [2.45, 2.75) is 60.4 Å². The minimum Gasteiger partial charge on any atom is -0.496 e. The molecule has 0 heterocycles. The Bertz CT molecular complexity index is 872. The fraction of sp³-hybridized carbons (Fsp3) is 0.444. The van der Waals surface area contributed by atoms with Gasteiger partial charge in [0, 0.05) is 6.20 Å². The summed E-state index contributed by atoms with van der Waals surface area (Å²) in [5.74, 6) is 1.51. The third-order valence-electron chi connectivity index (χ3n) is 5.52. The SMILES string of the molecule is CCC/C(=C\NC(c1cc(C)c(OC)c(C)c1)c1cc(C)c(OC)c(C)c1)C(=O)OCC. The Morgan fingerprint density at radius 1 is 0.875 bits per heavy atom. The number of ether oxygens (including phenoxy) is 3. The zero-order chi connectivity index (χ0) is 23.8. The second-order valence-corrected chi connectivity index (χ2v) is 8.12.